The van der Waals surface area contributed by atoms with E-state index in [0.717, 1.165) is 16.9 Å². The van der Waals surface area contributed by atoms with Crippen LogP contribution in [0.5, 0.6) is 5.75 Å². The lowest BCUT2D eigenvalue weighted by atomic mass is 10.1. The number of aromatic nitrogens is 2. The Morgan fingerprint density at radius 2 is 1.77 bits per heavy atom. The largest absolute Gasteiger partial charge is 0.497 e. The van der Waals surface area contributed by atoms with Crippen molar-refractivity contribution in [2.75, 3.05) is 7.11 Å². The van der Waals surface area contributed by atoms with Crippen LogP contribution >= 0.6 is 0 Å². The molecule has 1 heterocycles. The van der Waals surface area contributed by atoms with Crippen LogP contribution in [-0.4, -0.2) is 22.6 Å². The summed E-state index contributed by atoms with van der Waals surface area (Å²) in [6.45, 7) is 0.255. The standard InChI is InChI=1S/C24H21N3O3/c1-30-19-11-7-8-17(14-19)15-25-22(28)16-27-21-13-6-5-12-20(21)26-23(24(27)29)18-9-3-2-4-10-18/h2-14H,15-16H2,1H3,(H,25,28). The van der Waals surface area contributed by atoms with Crippen LogP contribution < -0.4 is 15.6 Å². The van der Waals surface area contributed by atoms with Crippen molar-refractivity contribution in [2.45, 2.75) is 13.1 Å². The second-order valence-electron chi connectivity index (χ2n) is 6.83. The summed E-state index contributed by atoms with van der Waals surface area (Å²) in [7, 11) is 1.60. The Labute approximate surface area is 173 Å². The molecule has 4 rings (SSSR count). The minimum absolute atomic E-state index is 0.0916. The lowest BCUT2D eigenvalue weighted by Gasteiger charge is -2.13. The van der Waals surface area contributed by atoms with Gasteiger partial charge < -0.3 is 10.1 Å². The van der Waals surface area contributed by atoms with E-state index in [9.17, 15) is 9.59 Å². The van der Waals surface area contributed by atoms with Gasteiger partial charge in [0.2, 0.25) is 5.91 Å². The van der Waals surface area contributed by atoms with Crippen molar-refractivity contribution in [3.63, 3.8) is 0 Å². The number of para-hydroxylation sites is 2. The van der Waals surface area contributed by atoms with E-state index in [2.05, 4.69) is 10.3 Å². The monoisotopic (exact) mass is 399 g/mol. The van der Waals surface area contributed by atoms with Gasteiger partial charge in [-0.3, -0.25) is 14.2 Å². The average Bonchev–Trinajstić information content (AvgIpc) is 2.80. The van der Waals surface area contributed by atoms with Crippen LogP contribution in [0.25, 0.3) is 22.3 Å². The number of benzene rings is 3. The fourth-order valence-electron chi connectivity index (χ4n) is 3.32. The minimum atomic E-state index is -0.295. The molecule has 3 aromatic carbocycles. The van der Waals surface area contributed by atoms with E-state index in [4.69, 9.17) is 4.74 Å². The lowest BCUT2D eigenvalue weighted by molar-refractivity contribution is -0.121. The lowest BCUT2D eigenvalue weighted by Crippen LogP contribution is -2.33. The summed E-state index contributed by atoms with van der Waals surface area (Å²) >= 11 is 0. The molecule has 6 nitrogen and oxygen atoms in total. The van der Waals surface area contributed by atoms with Crippen LogP contribution in [0.4, 0.5) is 0 Å². The van der Waals surface area contributed by atoms with Crippen LogP contribution in [0.2, 0.25) is 0 Å². The number of hydrogen-bond acceptors (Lipinski definition) is 4. The molecule has 0 atom stereocenters. The molecule has 0 aliphatic carbocycles. The van der Waals surface area contributed by atoms with E-state index in [-0.39, 0.29) is 18.0 Å². The second kappa shape index (κ2) is 8.61. The summed E-state index contributed by atoms with van der Waals surface area (Å²) in [6, 6.07) is 24.1. The van der Waals surface area contributed by atoms with Gasteiger partial charge in [-0.05, 0) is 29.8 Å². The molecule has 1 amide bonds. The molecule has 6 heteroatoms. The van der Waals surface area contributed by atoms with Crippen molar-refractivity contribution in [3.05, 3.63) is 94.8 Å². The normalized spacial score (nSPS) is 10.7. The van der Waals surface area contributed by atoms with E-state index >= 15 is 0 Å². The Bertz CT molecular complexity index is 1250. The summed E-state index contributed by atoms with van der Waals surface area (Å²) in [5.41, 5.74) is 2.96. The molecule has 30 heavy (non-hydrogen) atoms. The molecule has 0 bridgehead atoms. The van der Waals surface area contributed by atoms with Gasteiger partial charge in [0.25, 0.3) is 5.56 Å². The first-order chi connectivity index (χ1) is 14.7. The summed E-state index contributed by atoms with van der Waals surface area (Å²) < 4.78 is 6.69. The number of amides is 1. The first-order valence-corrected chi connectivity index (χ1v) is 9.60. The number of carbonyl (C=O) groups excluding carboxylic acids is 1. The van der Waals surface area contributed by atoms with Gasteiger partial charge >= 0.3 is 0 Å². The number of nitrogens with zero attached hydrogens (tertiary/aromatic N) is 2. The Morgan fingerprint density at radius 1 is 1.00 bits per heavy atom. The highest BCUT2D eigenvalue weighted by Gasteiger charge is 2.15. The maximum absolute atomic E-state index is 13.2. The third-order valence-corrected chi connectivity index (χ3v) is 4.83. The number of ether oxygens (including phenoxy) is 1. The maximum atomic E-state index is 13.2. The number of nitrogens with one attached hydrogen (secondary N) is 1. The number of carbonyl (C=O) groups is 1. The number of fused-ring (bicyclic) bond motifs is 1. The van der Waals surface area contributed by atoms with Crippen molar-refractivity contribution in [1.82, 2.24) is 14.9 Å². The Kier molecular flexibility index (Phi) is 5.57. The molecule has 0 saturated heterocycles. The van der Waals surface area contributed by atoms with E-state index in [1.54, 1.807) is 13.2 Å². The molecule has 0 spiro atoms. The highest BCUT2D eigenvalue weighted by atomic mass is 16.5. The molecule has 0 radical (unpaired) electrons. The minimum Gasteiger partial charge on any atom is -0.497 e. The molecular weight excluding hydrogens is 378 g/mol. The van der Waals surface area contributed by atoms with Gasteiger partial charge in [-0.25, -0.2) is 4.98 Å². The summed E-state index contributed by atoms with van der Waals surface area (Å²) in [5, 5.41) is 2.88. The average molecular weight is 399 g/mol. The highest BCUT2D eigenvalue weighted by Crippen LogP contribution is 2.17. The Balaban J connectivity index is 1.63. The van der Waals surface area contributed by atoms with Gasteiger partial charge in [-0.2, -0.15) is 0 Å². The molecule has 0 aliphatic rings. The topological polar surface area (TPSA) is 73.2 Å². The van der Waals surface area contributed by atoms with Crippen molar-refractivity contribution in [3.8, 4) is 17.0 Å². The van der Waals surface area contributed by atoms with Crippen LogP contribution in [-0.2, 0) is 17.9 Å². The SMILES string of the molecule is COc1cccc(CNC(=O)Cn2c(=O)c(-c3ccccc3)nc3ccccc32)c1. The first kappa shape index (κ1) is 19.4. The summed E-state index contributed by atoms with van der Waals surface area (Å²) in [5.74, 6) is 0.473. The van der Waals surface area contributed by atoms with Crippen LogP contribution in [0.15, 0.2) is 83.7 Å². The van der Waals surface area contributed by atoms with Gasteiger partial charge in [0.1, 0.15) is 18.0 Å². The van der Waals surface area contributed by atoms with E-state index in [1.165, 1.54) is 4.57 Å². The van der Waals surface area contributed by atoms with E-state index in [0.29, 0.717) is 23.3 Å². The third-order valence-electron chi connectivity index (χ3n) is 4.83. The second-order valence-corrected chi connectivity index (χ2v) is 6.83. The zero-order chi connectivity index (χ0) is 20.9. The summed E-state index contributed by atoms with van der Waals surface area (Å²) in [4.78, 5) is 30.4. The van der Waals surface area contributed by atoms with Crippen molar-refractivity contribution in [1.29, 1.82) is 0 Å². The van der Waals surface area contributed by atoms with Crippen molar-refractivity contribution < 1.29 is 9.53 Å². The molecule has 1 N–H and O–H groups in total. The van der Waals surface area contributed by atoms with Crippen LogP contribution in [0, 0.1) is 0 Å². The third kappa shape index (κ3) is 4.07. The number of methoxy groups -OCH3 is 1. The van der Waals surface area contributed by atoms with E-state index < -0.39 is 0 Å². The molecule has 4 aromatic rings. The predicted octanol–water partition coefficient (Wildman–Crippen LogP) is 3.39. The zero-order valence-electron chi connectivity index (χ0n) is 16.5. The van der Waals surface area contributed by atoms with Gasteiger partial charge in [-0.1, -0.05) is 54.6 Å². The fraction of sp³-hybridized carbons (Fsp3) is 0.125. The number of hydrogen-bond donors (Lipinski definition) is 1. The van der Waals surface area contributed by atoms with E-state index in [1.807, 2.05) is 72.8 Å². The fourth-order valence-corrected chi connectivity index (χ4v) is 3.32. The molecule has 0 fully saturated rings. The molecule has 0 unspecified atom stereocenters. The van der Waals surface area contributed by atoms with Gasteiger partial charge in [0.05, 0.1) is 18.1 Å². The van der Waals surface area contributed by atoms with Crippen LogP contribution in [0.1, 0.15) is 5.56 Å². The smallest absolute Gasteiger partial charge is 0.278 e. The molecule has 1 aromatic heterocycles. The van der Waals surface area contributed by atoms with Gasteiger partial charge in [-0.15, -0.1) is 0 Å². The molecule has 150 valence electrons. The highest BCUT2D eigenvalue weighted by molar-refractivity contribution is 5.81. The Morgan fingerprint density at radius 3 is 2.57 bits per heavy atom. The molecule has 0 saturated carbocycles. The zero-order valence-corrected chi connectivity index (χ0v) is 16.5. The van der Waals surface area contributed by atoms with Crippen molar-refractivity contribution >= 4 is 16.9 Å². The number of rotatable bonds is 6. The Hall–Kier alpha value is -3.93. The van der Waals surface area contributed by atoms with Crippen LogP contribution in [0.3, 0.4) is 0 Å². The first-order valence-electron chi connectivity index (χ1n) is 9.60. The molecule has 0 aliphatic heterocycles. The van der Waals surface area contributed by atoms with Gasteiger partial charge in [0, 0.05) is 12.1 Å². The van der Waals surface area contributed by atoms with Gasteiger partial charge in [0.15, 0.2) is 0 Å². The maximum Gasteiger partial charge on any atom is 0.278 e. The molecular formula is C24H21N3O3. The summed E-state index contributed by atoms with van der Waals surface area (Å²) in [6.07, 6.45) is 0. The quantitative estimate of drug-likeness (QED) is 0.539. The van der Waals surface area contributed by atoms with Crippen molar-refractivity contribution in [2.24, 2.45) is 0 Å². The predicted molar refractivity (Wildman–Crippen MR) is 116 cm³/mol.